The molecule has 92 valence electrons. The summed E-state index contributed by atoms with van der Waals surface area (Å²) in [6.45, 7) is 0. The van der Waals surface area contributed by atoms with Crippen LogP contribution >= 0.6 is 15.9 Å². The fourth-order valence-electron chi connectivity index (χ4n) is 2.52. The van der Waals surface area contributed by atoms with Gasteiger partial charge in [-0.3, -0.25) is 0 Å². The molecule has 0 aliphatic heterocycles. The van der Waals surface area contributed by atoms with Gasteiger partial charge in [0.1, 0.15) is 0 Å². The van der Waals surface area contributed by atoms with Crippen molar-refractivity contribution < 1.29 is 0 Å². The van der Waals surface area contributed by atoms with Crippen molar-refractivity contribution in [2.75, 3.05) is 5.32 Å². The average molecular weight is 302 g/mol. The van der Waals surface area contributed by atoms with Gasteiger partial charge >= 0.3 is 0 Å². The first kappa shape index (κ1) is 11.8. The van der Waals surface area contributed by atoms with E-state index in [-0.39, 0.29) is 0 Å². The van der Waals surface area contributed by atoms with E-state index < -0.39 is 0 Å². The van der Waals surface area contributed by atoms with Crippen LogP contribution in [-0.2, 0) is 0 Å². The van der Waals surface area contributed by atoms with E-state index in [0.29, 0.717) is 6.04 Å². The standard InChI is InChI=1S/C16H16BrN/c17-15-10-11-16(14-9-5-4-8-13(14)15)18-12-6-2-1-3-7-12/h2,4-6,8-12,18H,1,3,7H2. The molecular weight excluding hydrogens is 286 g/mol. The quantitative estimate of drug-likeness (QED) is 0.759. The molecule has 0 heterocycles. The van der Waals surface area contributed by atoms with Crippen molar-refractivity contribution in [2.45, 2.75) is 25.3 Å². The van der Waals surface area contributed by atoms with Crippen LogP contribution in [-0.4, -0.2) is 6.04 Å². The van der Waals surface area contributed by atoms with Gasteiger partial charge in [-0.05, 0) is 36.8 Å². The number of anilines is 1. The molecule has 18 heavy (non-hydrogen) atoms. The van der Waals surface area contributed by atoms with E-state index in [1.165, 1.54) is 35.7 Å². The lowest BCUT2D eigenvalue weighted by atomic mass is 10.0. The fourth-order valence-corrected chi connectivity index (χ4v) is 3.00. The lowest BCUT2D eigenvalue weighted by Crippen LogP contribution is -2.18. The molecule has 1 atom stereocenters. The molecule has 1 unspecified atom stereocenters. The van der Waals surface area contributed by atoms with E-state index >= 15 is 0 Å². The van der Waals surface area contributed by atoms with Gasteiger partial charge in [-0.25, -0.2) is 0 Å². The molecule has 0 saturated heterocycles. The van der Waals surface area contributed by atoms with Crippen molar-refractivity contribution in [3.05, 3.63) is 53.0 Å². The highest BCUT2D eigenvalue weighted by Gasteiger charge is 2.10. The summed E-state index contributed by atoms with van der Waals surface area (Å²) in [4.78, 5) is 0. The summed E-state index contributed by atoms with van der Waals surface area (Å²) in [6.07, 6.45) is 8.30. The second-order valence-corrected chi connectivity index (χ2v) is 5.60. The van der Waals surface area contributed by atoms with Gasteiger partial charge < -0.3 is 5.32 Å². The molecule has 2 aromatic carbocycles. The molecule has 1 N–H and O–H groups in total. The Morgan fingerprint density at radius 1 is 1.06 bits per heavy atom. The van der Waals surface area contributed by atoms with Crippen LogP contribution in [0.1, 0.15) is 19.3 Å². The third-order valence-corrected chi connectivity index (χ3v) is 4.16. The topological polar surface area (TPSA) is 12.0 Å². The highest BCUT2D eigenvalue weighted by Crippen LogP contribution is 2.31. The van der Waals surface area contributed by atoms with Crippen molar-refractivity contribution in [1.29, 1.82) is 0 Å². The summed E-state index contributed by atoms with van der Waals surface area (Å²) < 4.78 is 1.16. The third-order valence-electron chi connectivity index (χ3n) is 3.47. The Kier molecular flexibility index (Phi) is 3.37. The molecule has 0 saturated carbocycles. The first-order valence-corrected chi connectivity index (χ1v) is 7.24. The molecule has 2 aromatic rings. The Morgan fingerprint density at radius 3 is 2.67 bits per heavy atom. The first-order valence-electron chi connectivity index (χ1n) is 6.45. The number of nitrogens with one attached hydrogen (secondary N) is 1. The van der Waals surface area contributed by atoms with Crippen LogP contribution < -0.4 is 5.32 Å². The minimum atomic E-state index is 0.475. The smallest absolute Gasteiger partial charge is 0.0444 e. The van der Waals surface area contributed by atoms with Crippen molar-refractivity contribution in [3.8, 4) is 0 Å². The SMILES string of the molecule is Brc1ccc(NC2C=CCCC2)c2ccccc12. The van der Waals surface area contributed by atoms with E-state index in [1.54, 1.807) is 0 Å². The van der Waals surface area contributed by atoms with Crippen molar-refractivity contribution >= 4 is 32.4 Å². The molecule has 1 aliphatic carbocycles. The molecule has 0 spiro atoms. The van der Waals surface area contributed by atoms with Crippen LogP contribution in [0.15, 0.2) is 53.0 Å². The number of hydrogen-bond acceptors (Lipinski definition) is 1. The van der Waals surface area contributed by atoms with E-state index in [1.807, 2.05) is 0 Å². The summed E-state index contributed by atoms with van der Waals surface area (Å²) in [5.41, 5.74) is 1.23. The minimum Gasteiger partial charge on any atom is -0.378 e. The average Bonchev–Trinajstić information content (AvgIpc) is 2.44. The summed E-state index contributed by atoms with van der Waals surface area (Å²) in [5, 5.41) is 6.19. The zero-order valence-electron chi connectivity index (χ0n) is 10.2. The summed E-state index contributed by atoms with van der Waals surface area (Å²) in [5.74, 6) is 0. The Bertz CT molecular complexity index is 589. The Labute approximate surface area is 116 Å². The number of hydrogen-bond donors (Lipinski definition) is 1. The highest BCUT2D eigenvalue weighted by molar-refractivity contribution is 9.10. The maximum atomic E-state index is 3.64. The zero-order valence-corrected chi connectivity index (χ0v) is 11.8. The number of fused-ring (bicyclic) bond motifs is 1. The molecule has 1 nitrogen and oxygen atoms in total. The van der Waals surface area contributed by atoms with Gasteiger partial charge in [-0.1, -0.05) is 52.3 Å². The normalized spacial score (nSPS) is 19.1. The second kappa shape index (κ2) is 5.15. The molecular formula is C16H16BrN. The molecule has 1 aliphatic rings. The molecule has 0 fully saturated rings. The van der Waals surface area contributed by atoms with Crippen LogP contribution in [0.25, 0.3) is 10.8 Å². The van der Waals surface area contributed by atoms with Crippen molar-refractivity contribution in [1.82, 2.24) is 0 Å². The van der Waals surface area contributed by atoms with Crippen LogP contribution in [0.4, 0.5) is 5.69 Å². The lowest BCUT2D eigenvalue weighted by Gasteiger charge is -2.20. The Morgan fingerprint density at radius 2 is 1.89 bits per heavy atom. The minimum absolute atomic E-state index is 0.475. The number of allylic oxidation sites excluding steroid dienone is 1. The predicted octanol–water partition coefficient (Wildman–Crippen LogP) is 5.12. The molecule has 3 rings (SSSR count). The van der Waals surface area contributed by atoms with Gasteiger partial charge in [0.25, 0.3) is 0 Å². The van der Waals surface area contributed by atoms with Crippen LogP contribution in [0, 0.1) is 0 Å². The first-order chi connectivity index (χ1) is 8.84. The number of halogens is 1. The molecule has 0 bridgehead atoms. The second-order valence-electron chi connectivity index (χ2n) is 4.75. The van der Waals surface area contributed by atoms with E-state index in [4.69, 9.17) is 0 Å². The predicted molar refractivity (Wildman–Crippen MR) is 82.0 cm³/mol. The van der Waals surface area contributed by atoms with Gasteiger partial charge in [0.05, 0.1) is 0 Å². The van der Waals surface area contributed by atoms with Crippen LogP contribution in [0.2, 0.25) is 0 Å². The van der Waals surface area contributed by atoms with Gasteiger partial charge in [-0.2, -0.15) is 0 Å². The van der Waals surface area contributed by atoms with Gasteiger partial charge in [-0.15, -0.1) is 0 Å². The van der Waals surface area contributed by atoms with Crippen LogP contribution in [0.3, 0.4) is 0 Å². The highest BCUT2D eigenvalue weighted by atomic mass is 79.9. The summed E-state index contributed by atoms with van der Waals surface area (Å²) in [6, 6.07) is 13.3. The molecule has 2 heteroatoms. The molecule has 0 radical (unpaired) electrons. The number of rotatable bonds is 2. The third kappa shape index (κ3) is 2.30. The lowest BCUT2D eigenvalue weighted by molar-refractivity contribution is 0.674. The van der Waals surface area contributed by atoms with E-state index in [2.05, 4.69) is 69.8 Å². The van der Waals surface area contributed by atoms with Crippen molar-refractivity contribution in [3.63, 3.8) is 0 Å². The van der Waals surface area contributed by atoms with Crippen molar-refractivity contribution in [2.24, 2.45) is 0 Å². The Hall–Kier alpha value is -1.28. The fraction of sp³-hybridized carbons (Fsp3) is 0.250. The monoisotopic (exact) mass is 301 g/mol. The van der Waals surface area contributed by atoms with Gasteiger partial charge in [0.15, 0.2) is 0 Å². The van der Waals surface area contributed by atoms with Gasteiger partial charge in [0.2, 0.25) is 0 Å². The van der Waals surface area contributed by atoms with E-state index in [0.717, 1.165) is 4.47 Å². The maximum absolute atomic E-state index is 3.64. The summed E-state index contributed by atoms with van der Waals surface area (Å²) >= 11 is 3.61. The Balaban J connectivity index is 1.99. The van der Waals surface area contributed by atoms with E-state index in [9.17, 15) is 0 Å². The largest absolute Gasteiger partial charge is 0.378 e. The van der Waals surface area contributed by atoms with Gasteiger partial charge in [0, 0.05) is 21.6 Å². The van der Waals surface area contributed by atoms with Crippen LogP contribution in [0.5, 0.6) is 0 Å². The summed E-state index contributed by atoms with van der Waals surface area (Å²) in [7, 11) is 0. The maximum Gasteiger partial charge on any atom is 0.0444 e. The molecule has 0 amide bonds. The molecule has 0 aromatic heterocycles. The zero-order chi connectivity index (χ0) is 12.4. The number of benzene rings is 2.